The molecule has 0 saturated carbocycles. The minimum atomic E-state index is -1.02. The number of fused-ring (bicyclic) bond motifs is 6. The molecule has 0 radical (unpaired) electrons. The Morgan fingerprint density at radius 3 is 2.49 bits per heavy atom. The molecule has 2 saturated heterocycles. The average molecular weight is 524 g/mol. The number of rotatable bonds is 4. The smallest absolute Gasteiger partial charge is 0.270 e. The molecular formula is C29H21N3O7. The lowest BCUT2D eigenvalue weighted by Crippen LogP contribution is -2.44. The summed E-state index contributed by atoms with van der Waals surface area (Å²) in [5, 5.41) is 11.4. The summed E-state index contributed by atoms with van der Waals surface area (Å²) in [5.74, 6) is -2.20. The van der Waals surface area contributed by atoms with Gasteiger partial charge in [-0.25, -0.2) is 4.90 Å². The number of benzene rings is 3. The van der Waals surface area contributed by atoms with E-state index in [2.05, 4.69) is 0 Å². The van der Waals surface area contributed by atoms with Crippen LogP contribution in [0.15, 0.2) is 72.9 Å². The Kier molecular flexibility index (Phi) is 5.06. The molecule has 4 aliphatic rings. The van der Waals surface area contributed by atoms with Crippen LogP contribution in [-0.2, 0) is 9.59 Å². The lowest BCUT2D eigenvalue weighted by Gasteiger charge is -2.35. The normalized spacial score (nSPS) is 24.3. The summed E-state index contributed by atoms with van der Waals surface area (Å²) in [6.07, 6.45) is 3.61. The van der Waals surface area contributed by atoms with Crippen molar-refractivity contribution in [2.75, 3.05) is 18.1 Å². The van der Waals surface area contributed by atoms with Crippen LogP contribution in [-0.4, -0.2) is 46.7 Å². The Labute approximate surface area is 222 Å². The van der Waals surface area contributed by atoms with Gasteiger partial charge in [0, 0.05) is 30.0 Å². The van der Waals surface area contributed by atoms with Crippen molar-refractivity contribution in [3.05, 3.63) is 99.7 Å². The van der Waals surface area contributed by atoms with E-state index in [1.807, 2.05) is 30.3 Å². The van der Waals surface area contributed by atoms with Crippen molar-refractivity contribution in [1.29, 1.82) is 0 Å². The van der Waals surface area contributed by atoms with Crippen LogP contribution in [0.4, 0.5) is 11.4 Å². The highest BCUT2D eigenvalue weighted by molar-refractivity contribution is 6.24. The minimum absolute atomic E-state index is 0.110. The van der Waals surface area contributed by atoms with Gasteiger partial charge < -0.3 is 14.4 Å². The highest BCUT2D eigenvalue weighted by Crippen LogP contribution is 2.54. The molecule has 7 rings (SSSR count). The number of amides is 2. The van der Waals surface area contributed by atoms with Crippen LogP contribution < -0.4 is 14.4 Å². The fraction of sp³-hybridized carbons (Fsp3) is 0.207. The Balaban J connectivity index is 1.35. The Morgan fingerprint density at radius 1 is 0.897 bits per heavy atom. The molecule has 0 bridgehead atoms. The molecule has 0 aliphatic carbocycles. The van der Waals surface area contributed by atoms with Crippen molar-refractivity contribution in [2.45, 2.75) is 12.1 Å². The summed E-state index contributed by atoms with van der Waals surface area (Å²) in [5.41, 5.74) is 1.97. The minimum Gasteiger partial charge on any atom is -0.486 e. The van der Waals surface area contributed by atoms with Crippen LogP contribution in [0.2, 0.25) is 0 Å². The number of ketones is 1. The molecule has 3 aromatic carbocycles. The number of imide groups is 1. The largest absolute Gasteiger partial charge is 0.486 e. The van der Waals surface area contributed by atoms with Gasteiger partial charge in [0.1, 0.15) is 19.3 Å². The molecule has 0 spiro atoms. The van der Waals surface area contributed by atoms with Gasteiger partial charge in [0.05, 0.1) is 28.5 Å². The number of hydrogen-bond donors (Lipinski definition) is 0. The van der Waals surface area contributed by atoms with E-state index in [1.54, 1.807) is 29.3 Å². The van der Waals surface area contributed by atoms with E-state index in [4.69, 9.17) is 9.47 Å². The molecule has 4 heterocycles. The molecule has 2 fully saturated rings. The van der Waals surface area contributed by atoms with Gasteiger partial charge in [-0.1, -0.05) is 36.4 Å². The monoisotopic (exact) mass is 523 g/mol. The molecule has 194 valence electrons. The predicted molar refractivity (Wildman–Crippen MR) is 138 cm³/mol. The number of Topliss-reactive ketones (excluding diaryl/α,β-unsaturated/α-hetero) is 1. The van der Waals surface area contributed by atoms with Gasteiger partial charge in [-0.2, -0.15) is 0 Å². The van der Waals surface area contributed by atoms with Gasteiger partial charge in [-0.05, 0) is 29.3 Å². The second-order valence-electron chi connectivity index (χ2n) is 9.84. The summed E-state index contributed by atoms with van der Waals surface area (Å²) in [7, 11) is 0. The average Bonchev–Trinajstić information content (AvgIpc) is 3.44. The number of ether oxygens (including phenoxy) is 2. The van der Waals surface area contributed by atoms with Crippen molar-refractivity contribution < 1.29 is 28.8 Å². The molecule has 3 aromatic rings. The van der Waals surface area contributed by atoms with Gasteiger partial charge in [0.2, 0.25) is 11.8 Å². The Hall–Kier alpha value is -4.99. The Bertz CT molecular complexity index is 1620. The van der Waals surface area contributed by atoms with E-state index in [-0.39, 0.29) is 11.3 Å². The SMILES string of the molecule is O=C(c1cccc([N+](=O)[O-])c1)[C@@H]1[C@@H]2C(=O)N(c3ccc4c(c3)OCCO4)C(=O)[C@@H]2[C@@H]2c3ccccc3C=CN12. The number of non-ortho nitro benzene ring substituents is 1. The zero-order valence-corrected chi connectivity index (χ0v) is 20.4. The predicted octanol–water partition coefficient (Wildman–Crippen LogP) is 3.76. The second-order valence-corrected chi connectivity index (χ2v) is 9.84. The summed E-state index contributed by atoms with van der Waals surface area (Å²) in [6.45, 7) is 0.757. The standard InChI is InChI=1S/C29H21N3O7/c33-27(17-5-3-6-19(14-17)32(36)37)26-24-23(25-20-7-2-1-4-16(20)10-11-30(25)26)28(34)31(29(24)35)18-8-9-21-22(15-18)39-13-12-38-21/h1-11,14-15,23-26H,12-13H2/t23-,24+,25-,26-/m0/s1. The van der Waals surface area contributed by atoms with E-state index in [9.17, 15) is 24.5 Å². The summed E-state index contributed by atoms with van der Waals surface area (Å²) in [4.78, 5) is 55.9. The van der Waals surface area contributed by atoms with Gasteiger partial charge in [-0.3, -0.25) is 24.5 Å². The maximum Gasteiger partial charge on any atom is 0.270 e. The first-order valence-corrected chi connectivity index (χ1v) is 12.5. The van der Waals surface area contributed by atoms with Crippen molar-refractivity contribution in [3.8, 4) is 11.5 Å². The van der Waals surface area contributed by atoms with Crippen molar-refractivity contribution in [2.24, 2.45) is 11.8 Å². The third-order valence-corrected chi connectivity index (χ3v) is 7.86. The maximum absolute atomic E-state index is 14.1. The summed E-state index contributed by atoms with van der Waals surface area (Å²) >= 11 is 0. The summed E-state index contributed by atoms with van der Waals surface area (Å²) in [6, 6.07) is 16.4. The third kappa shape index (κ3) is 3.37. The molecule has 10 nitrogen and oxygen atoms in total. The van der Waals surface area contributed by atoms with Gasteiger partial charge in [-0.15, -0.1) is 0 Å². The zero-order chi connectivity index (χ0) is 26.8. The zero-order valence-electron chi connectivity index (χ0n) is 20.4. The van der Waals surface area contributed by atoms with Crippen LogP contribution >= 0.6 is 0 Å². The van der Waals surface area contributed by atoms with Crippen LogP contribution in [0.5, 0.6) is 11.5 Å². The first-order valence-electron chi connectivity index (χ1n) is 12.5. The van der Waals surface area contributed by atoms with E-state index in [1.165, 1.54) is 24.3 Å². The quantitative estimate of drug-likeness (QED) is 0.219. The van der Waals surface area contributed by atoms with Crippen molar-refractivity contribution >= 4 is 35.0 Å². The molecule has 0 N–H and O–H groups in total. The molecule has 2 amide bonds. The van der Waals surface area contributed by atoms with Crippen LogP contribution in [0.25, 0.3) is 6.08 Å². The molecular weight excluding hydrogens is 502 g/mol. The van der Waals surface area contributed by atoms with Gasteiger partial charge in [0.25, 0.3) is 5.69 Å². The highest BCUT2D eigenvalue weighted by Gasteiger charge is 2.64. The first kappa shape index (κ1) is 23.2. The first-order chi connectivity index (χ1) is 18.9. The summed E-state index contributed by atoms with van der Waals surface area (Å²) < 4.78 is 11.3. The van der Waals surface area contributed by atoms with E-state index < -0.39 is 46.4 Å². The lowest BCUT2D eigenvalue weighted by molar-refractivity contribution is -0.384. The lowest BCUT2D eigenvalue weighted by atomic mass is 9.83. The van der Waals surface area contributed by atoms with Crippen LogP contribution in [0.3, 0.4) is 0 Å². The number of nitro benzene ring substituents is 1. The van der Waals surface area contributed by atoms with Crippen molar-refractivity contribution in [1.82, 2.24) is 4.90 Å². The molecule has 0 aromatic heterocycles. The highest BCUT2D eigenvalue weighted by atomic mass is 16.6. The topological polar surface area (TPSA) is 119 Å². The molecule has 4 atom stereocenters. The second kappa shape index (κ2) is 8.52. The molecule has 4 aliphatic heterocycles. The number of nitro groups is 1. The molecule has 10 heteroatoms. The van der Waals surface area contributed by atoms with E-state index in [0.29, 0.717) is 30.4 Å². The number of carbonyl (C=O) groups excluding carboxylic acids is 3. The molecule has 39 heavy (non-hydrogen) atoms. The maximum atomic E-state index is 14.1. The van der Waals surface area contributed by atoms with Gasteiger partial charge in [0.15, 0.2) is 17.3 Å². The number of carbonyl (C=O) groups is 3. The number of anilines is 1. The molecule has 0 unspecified atom stereocenters. The Morgan fingerprint density at radius 2 is 1.67 bits per heavy atom. The number of nitrogens with zero attached hydrogens (tertiary/aromatic N) is 3. The van der Waals surface area contributed by atoms with Crippen molar-refractivity contribution in [3.63, 3.8) is 0 Å². The van der Waals surface area contributed by atoms with E-state index >= 15 is 0 Å². The fourth-order valence-corrected chi connectivity index (χ4v) is 6.23. The van der Waals surface area contributed by atoms with Gasteiger partial charge >= 0.3 is 0 Å². The van der Waals surface area contributed by atoms with E-state index in [0.717, 1.165) is 16.0 Å². The fourth-order valence-electron chi connectivity index (χ4n) is 6.23. The van der Waals surface area contributed by atoms with Crippen LogP contribution in [0.1, 0.15) is 27.5 Å². The van der Waals surface area contributed by atoms with Crippen LogP contribution in [0, 0.1) is 22.0 Å². The third-order valence-electron chi connectivity index (χ3n) is 7.86. The number of hydrogen-bond acceptors (Lipinski definition) is 8.